The molecule has 0 atom stereocenters. The summed E-state index contributed by atoms with van der Waals surface area (Å²) in [6.07, 6.45) is 1.72. The van der Waals surface area contributed by atoms with Gasteiger partial charge in [-0.3, -0.25) is 9.69 Å². The molecule has 0 aliphatic carbocycles. The minimum atomic E-state index is -0.476. The van der Waals surface area contributed by atoms with Crippen LogP contribution in [0, 0.1) is 0 Å². The predicted molar refractivity (Wildman–Crippen MR) is 111 cm³/mol. The average Bonchev–Trinajstić information content (AvgIpc) is 3.23. The fraction of sp³-hybridized carbons (Fsp3) is 0.417. The summed E-state index contributed by atoms with van der Waals surface area (Å²) in [7, 11) is 0. The molecule has 158 valence electrons. The van der Waals surface area contributed by atoms with Gasteiger partial charge in [0.15, 0.2) is 11.6 Å². The second-order valence-corrected chi connectivity index (χ2v) is 7.68. The van der Waals surface area contributed by atoms with Gasteiger partial charge in [-0.15, -0.1) is 0 Å². The van der Waals surface area contributed by atoms with E-state index in [2.05, 4.69) is 4.90 Å². The second-order valence-electron chi connectivity index (χ2n) is 7.68. The maximum absolute atomic E-state index is 13.1. The molecule has 1 spiro atoms. The lowest BCUT2D eigenvalue weighted by Gasteiger charge is -2.37. The number of hydrogen-bond acceptors (Lipinski definition) is 6. The van der Waals surface area contributed by atoms with Crippen LogP contribution in [0.15, 0.2) is 48.5 Å². The van der Waals surface area contributed by atoms with Gasteiger partial charge in [0.2, 0.25) is 0 Å². The molecule has 6 heteroatoms. The molecule has 6 nitrogen and oxygen atoms in total. The Bertz CT molecular complexity index is 909. The van der Waals surface area contributed by atoms with E-state index < -0.39 is 5.97 Å². The van der Waals surface area contributed by atoms with Crippen LogP contribution >= 0.6 is 0 Å². The molecule has 30 heavy (non-hydrogen) atoms. The van der Waals surface area contributed by atoms with Gasteiger partial charge in [-0.1, -0.05) is 36.4 Å². The number of likely N-dealkylation sites (tertiary alicyclic amines) is 1. The van der Waals surface area contributed by atoms with Crippen molar-refractivity contribution < 1.29 is 23.8 Å². The first-order valence-corrected chi connectivity index (χ1v) is 10.5. The molecule has 0 bridgehead atoms. The SMILES string of the molecule is CCOC(=O)c1ccccc1C(=O)c1cccc(CN2CCC3(CC2)OCCO3)c1. The Morgan fingerprint density at radius 2 is 1.70 bits per heavy atom. The Kier molecular flexibility index (Phi) is 6.27. The highest BCUT2D eigenvalue weighted by molar-refractivity contribution is 6.14. The molecule has 0 saturated carbocycles. The molecule has 2 saturated heterocycles. The van der Waals surface area contributed by atoms with Crippen LogP contribution in [0.5, 0.6) is 0 Å². The lowest BCUT2D eigenvalue weighted by molar-refractivity contribution is -0.185. The van der Waals surface area contributed by atoms with Crippen LogP contribution in [-0.2, 0) is 20.8 Å². The molecule has 0 amide bonds. The van der Waals surface area contributed by atoms with Crippen LogP contribution in [-0.4, -0.2) is 55.3 Å². The monoisotopic (exact) mass is 409 g/mol. The van der Waals surface area contributed by atoms with Gasteiger partial charge >= 0.3 is 5.97 Å². The van der Waals surface area contributed by atoms with Crippen molar-refractivity contribution in [3.8, 4) is 0 Å². The van der Waals surface area contributed by atoms with Crippen LogP contribution < -0.4 is 0 Å². The number of benzene rings is 2. The summed E-state index contributed by atoms with van der Waals surface area (Å²) in [6.45, 7) is 5.92. The Balaban J connectivity index is 1.46. The number of carbonyl (C=O) groups is 2. The van der Waals surface area contributed by atoms with E-state index in [-0.39, 0.29) is 18.2 Å². The lowest BCUT2D eigenvalue weighted by Crippen LogP contribution is -2.44. The third-order valence-electron chi connectivity index (χ3n) is 5.69. The molecular weight excluding hydrogens is 382 g/mol. The quantitative estimate of drug-likeness (QED) is 0.538. The number of nitrogens with zero attached hydrogens (tertiary/aromatic N) is 1. The minimum absolute atomic E-state index is 0.175. The summed E-state index contributed by atoms with van der Waals surface area (Å²) in [5.41, 5.74) is 2.30. The smallest absolute Gasteiger partial charge is 0.338 e. The summed E-state index contributed by atoms with van der Waals surface area (Å²) in [4.78, 5) is 27.7. The van der Waals surface area contributed by atoms with E-state index in [1.807, 2.05) is 18.2 Å². The lowest BCUT2D eigenvalue weighted by atomic mass is 9.96. The zero-order chi connectivity index (χ0) is 21.0. The molecule has 0 N–H and O–H groups in total. The van der Waals surface area contributed by atoms with Gasteiger partial charge in [0, 0.05) is 43.6 Å². The summed E-state index contributed by atoms with van der Waals surface area (Å²) in [6, 6.07) is 14.4. The molecule has 2 fully saturated rings. The van der Waals surface area contributed by atoms with E-state index in [1.54, 1.807) is 37.3 Å². The van der Waals surface area contributed by atoms with E-state index in [0.29, 0.717) is 29.9 Å². The third-order valence-corrected chi connectivity index (χ3v) is 5.69. The van der Waals surface area contributed by atoms with Gasteiger partial charge in [0.1, 0.15) is 0 Å². The highest BCUT2D eigenvalue weighted by Crippen LogP contribution is 2.31. The number of carbonyl (C=O) groups excluding carboxylic acids is 2. The Labute approximate surface area is 176 Å². The summed E-state index contributed by atoms with van der Waals surface area (Å²) < 4.78 is 16.7. The van der Waals surface area contributed by atoms with Crippen LogP contribution in [0.25, 0.3) is 0 Å². The Morgan fingerprint density at radius 1 is 1.00 bits per heavy atom. The molecular formula is C24H27NO5. The van der Waals surface area contributed by atoms with Crippen molar-refractivity contribution >= 4 is 11.8 Å². The van der Waals surface area contributed by atoms with E-state index in [1.165, 1.54) is 0 Å². The maximum Gasteiger partial charge on any atom is 0.338 e. The van der Waals surface area contributed by atoms with Crippen molar-refractivity contribution in [3.05, 3.63) is 70.8 Å². The van der Waals surface area contributed by atoms with Gasteiger partial charge in [-0.05, 0) is 24.6 Å². The number of ketones is 1. The molecule has 0 radical (unpaired) electrons. The van der Waals surface area contributed by atoms with Gasteiger partial charge in [-0.25, -0.2) is 4.79 Å². The van der Waals surface area contributed by atoms with Crippen LogP contribution in [0.3, 0.4) is 0 Å². The van der Waals surface area contributed by atoms with E-state index in [0.717, 1.165) is 38.0 Å². The normalized spacial score (nSPS) is 18.4. The fourth-order valence-corrected chi connectivity index (χ4v) is 4.13. The van der Waals surface area contributed by atoms with E-state index in [9.17, 15) is 9.59 Å². The second kappa shape index (κ2) is 9.08. The molecule has 2 aliphatic rings. The average molecular weight is 409 g/mol. The first-order chi connectivity index (χ1) is 14.6. The van der Waals surface area contributed by atoms with Crippen LogP contribution in [0.1, 0.15) is 51.6 Å². The molecule has 0 unspecified atom stereocenters. The number of piperidine rings is 1. The number of esters is 1. The molecule has 4 rings (SSSR count). The summed E-state index contributed by atoms with van der Waals surface area (Å²) in [5, 5.41) is 0. The van der Waals surface area contributed by atoms with Crippen molar-refractivity contribution in [2.75, 3.05) is 32.9 Å². The Morgan fingerprint density at radius 3 is 2.40 bits per heavy atom. The molecule has 2 aromatic rings. The minimum Gasteiger partial charge on any atom is -0.462 e. The molecule has 2 aliphatic heterocycles. The molecule has 2 heterocycles. The zero-order valence-corrected chi connectivity index (χ0v) is 17.3. The first kappa shape index (κ1) is 20.7. The summed E-state index contributed by atoms with van der Waals surface area (Å²) in [5.74, 6) is -1.03. The van der Waals surface area contributed by atoms with Crippen molar-refractivity contribution in [3.63, 3.8) is 0 Å². The van der Waals surface area contributed by atoms with Gasteiger partial charge in [0.05, 0.1) is 25.4 Å². The predicted octanol–water partition coefficient (Wildman–Crippen LogP) is 3.43. The zero-order valence-electron chi connectivity index (χ0n) is 17.3. The number of rotatable bonds is 6. The largest absolute Gasteiger partial charge is 0.462 e. The first-order valence-electron chi connectivity index (χ1n) is 10.5. The standard InChI is InChI=1S/C24H27NO5/c1-2-28-23(27)21-9-4-3-8-20(21)22(26)19-7-5-6-18(16-19)17-25-12-10-24(11-13-25)29-14-15-30-24/h3-9,16H,2,10-15,17H2,1H3. The van der Waals surface area contributed by atoms with E-state index in [4.69, 9.17) is 14.2 Å². The number of ether oxygens (including phenoxy) is 3. The van der Waals surface area contributed by atoms with Gasteiger partial charge < -0.3 is 14.2 Å². The van der Waals surface area contributed by atoms with Gasteiger partial charge in [-0.2, -0.15) is 0 Å². The summed E-state index contributed by atoms with van der Waals surface area (Å²) >= 11 is 0. The van der Waals surface area contributed by atoms with Gasteiger partial charge in [0.25, 0.3) is 0 Å². The fourth-order valence-electron chi connectivity index (χ4n) is 4.13. The molecule has 2 aromatic carbocycles. The maximum atomic E-state index is 13.1. The highest BCUT2D eigenvalue weighted by atomic mass is 16.7. The van der Waals surface area contributed by atoms with Crippen LogP contribution in [0.2, 0.25) is 0 Å². The topological polar surface area (TPSA) is 65.1 Å². The Hall–Kier alpha value is -2.54. The van der Waals surface area contributed by atoms with Crippen molar-refractivity contribution in [2.24, 2.45) is 0 Å². The third kappa shape index (κ3) is 4.46. The molecule has 0 aromatic heterocycles. The number of hydrogen-bond donors (Lipinski definition) is 0. The highest BCUT2D eigenvalue weighted by Gasteiger charge is 2.39. The van der Waals surface area contributed by atoms with Crippen molar-refractivity contribution in [1.82, 2.24) is 4.90 Å². The van der Waals surface area contributed by atoms with Crippen molar-refractivity contribution in [1.29, 1.82) is 0 Å². The van der Waals surface area contributed by atoms with Crippen molar-refractivity contribution in [2.45, 2.75) is 32.1 Å². The van der Waals surface area contributed by atoms with Crippen LogP contribution in [0.4, 0.5) is 0 Å². The van der Waals surface area contributed by atoms with E-state index >= 15 is 0 Å².